The molecule has 0 saturated heterocycles. The van der Waals surface area contributed by atoms with Gasteiger partial charge in [-0.25, -0.2) is 0 Å². The molecule has 8 heteroatoms. The van der Waals surface area contributed by atoms with Crippen LogP contribution < -0.4 is 5.32 Å². The summed E-state index contributed by atoms with van der Waals surface area (Å²) in [5.74, 6) is 0.389. The summed E-state index contributed by atoms with van der Waals surface area (Å²) in [6.45, 7) is 2.12. The second kappa shape index (κ2) is 12.9. The predicted octanol–water partition coefficient (Wildman–Crippen LogP) is 7.00. The van der Waals surface area contributed by atoms with Crippen molar-refractivity contribution in [3.63, 3.8) is 0 Å². The second-order valence-electron chi connectivity index (χ2n) is 8.19. The van der Waals surface area contributed by atoms with Gasteiger partial charge in [-0.3, -0.25) is 9.59 Å². The molecule has 33 heavy (non-hydrogen) atoms. The molecule has 2 amide bonds. The first-order chi connectivity index (χ1) is 15.9. The smallest absolute Gasteiger partial charge is 0.243 e. The van der Waals surface area contributed by atoms with Crippen molar-refractivity contribution in [2.75, 3.05) is 5.75 Å². The predicted molar refractivity (Wildman–Crippen MR) is 138 cm³/mol. The van der Waals surface area contributed by atoms with Crippen LogP contribution in [0.4, 0.5) is 0 Å². The Morgan fingerprint density at radius 1 is 1.06 bits per heavy atom. The largest absolute Gasteiger partial charge is 0.352 e. The van der Waals surface area contributed by atoms with Gasteiger partial charge in [0.1, 0.15) is 6.04 Å². The highest BCUT2D eigenvalue weighted by atomic mass is 35.5. The summed E-state index contributed by atoms with van der Waals surface area (Å²) in [5.41, 5.74) is 0.659. The number of halogens is 3. The molecule has 4 nitrogen and oxygen atoms in total. The average Bonchev–Trinajstić information content (AvgIpc) is 3.30. The van der Waals surface area contributed by atoms with E-state index in [4.69, 9.17) is 34.8 Å². The van der Waals surface area contributed by atoms with Crippen molar-refractivity contribution in [1.82, 2.24) is 10.2 Å². The van der Waals surface area contributed by atoms with Crippen molar-refractivity contribution >= 4 is 58.4 Å². The van der Waals surface area contributed by atoms with E-state index in [-0.39, 0.29) is 24.4 Å². The lowest BCUT2D eigenvalue weighted by Gasteiger charge is -2.32. The van der Waals surface area contributed by atoms with E-state index in [0.717, 1.165) is 30.6 Å². The van der Waals surface area contributed by atoms with Crippen molar-refractivity contribution in [2.24, 2.45) is 0 Å². The Bertz CT molecular complexity index is 929. The molecule has 2 aromatic rings. The van der Waals surface area contributed by atoms with Crippen LogP contribution in [0.25, 0.3) is 0 Å². The van der Waals surface area contributed by atoms with Gasteiger partial charge in [-0.15, -0.1) is 11.8 Å². The molecule has 1 aliphatic carbocycles. The highest BCUT2D eigenvalue weighted by molar-refractivity contribution is 7.99. The molecule has 1 unspecified atom stereocenters. The van der Waals surface area contributed by atoms with Gasteiger partial charge in [-0.1, -0.05) is 60.6 Å². The van der Waals surface area contributed by atoms with E-state index >= 15 is 0 Å². The molecule has 1 saturated carbocycles. The average molecular weight is 528 g/mol. The van der Waals surface area contributed by atoms with Crippen LogP contribution in [0, 0.1) is 0 Å². The van der Waals surface area contributed by atoms with Gasteiger partial charge in [0, 0.05) is 50.3 Å². The molecule has 0 spiro atoms. The summed E-state index contributed by atoms with van der Waals surface area (Å²) in [5, 5.41) is 4.80. The molecule has 0 aliphatic heterocycles. The van der Waals surface area contributed by atoms with Crippen LogP contribution in [0.5, 0.6) is 0 Å². The summed E-state index contributed by atoms with van der Waals surface area (Å²) < 4.78 is 0. The Labute approximate surface area is 215 Å². The molecule has 1 N–H and O–H groups in total. The molecule has 2 aromatic carbocycles. The molecule has 0 heterocycles. The Balaban J connectivity index is 1.74. The van der Waals surface area contributed by atoms with Gasteiger partial charge in [0.05, 0.1) is 0 Å². The lowest BCUT2D eigenvalue weighted by molar-refractivity contribution is -0.141. The summed E-state index contributed by atoms with van der Waals surface area (Å²) in [4.78, 5) is 29.2. The highest BCUT2D eigenvalue weighted by Gasteiger charge is 2.31. The van der Waals surface area contributed by atoms with Gasteiger partial charge in [0.2, 0.25) is 11.8 Å². The van der Waals surface area contributed by atoms with Crippen molar-refractivity contribution in [3.05, 3.63) is 63.1 Å². The fourth-order valence-corrected chi connectivity index (χ4v) is 5.56. The van der Waals surface area contributed by atoms with Crippen molar-refractivity contribution < 1.29 is 9.59 Å². The minimum atomic E-state index is -0.578. The number of carbonyl (C=O) groups is 2. The van der Waals surface area contributed by atoms with Crippen LogP contribution in [0.1, 0.15) is 51.0 Å². The topological polar surface area (TPSA) is 49.4 Å². The number of carbonyl (C=O) groups excluding carboxylic acids is 2. The Morgan fingerprint density at radius 2 is 1.70 bits per heavy atom. The molecular weight excluding hydrogens is 499 g/mol. The molecular formula is C25H29Cl3N2O2S. The van der Waals surface area contributed by atoms with E-state index in [2.05, 4.69) is 5.32 Å². The number of nitrogens with zero attached hydrogens (tertiary/aromatic N) is 1. The maximum atomic E-state index is 13.4. The quantitative estimate of drug-likeness (QED) is 0.339. The first-order valence-electron chi connectivity index (χ1n) is 11.3. The monoisotopic (exact) mass is 526 g/mol. The lowest BCUT2D eigenvalue weighted by Crippen LogP contribution is -2.51. The highest BCUT2D eigenvalue weighted by Crippen LogP contribution is 2.28. The number of thioether (sulfide) groups is 1. The number of hydrogen-bond acceptors (Lipinski definition) is 3. The third-order valence-corrected chi connectivity index (χ3v) is 7.85. The fraction of sp³-hybridized carbons (Fsp3) is 0.440. The van der Waals surface area contributed by atoms with Gasteiger partial charge >= 0.3 is 0 Å². The second-order valence-corrected chi connectivity index (χ2v) is 10.6. The summed E-state index contributed by atoms with van der Waals surface area (Å²) >= 11 is 20.3. The fourth-order valence-electron chi connectivity index (χ4n) is 4.07. The lowest BCUT2D eigenvalue weighted by atomic mass is 10.1. The van der Waals surface area contributed by atoms with Gasteiger partial charge in [-0.2, -0.15) is 0 Å². The van der Waals surface area contributed by atoms with Gasteiger partial charge in [-0.05, 0) is 55.7 Å². The van der Waals surface area contributed by atoms with Crippen molar-refractivity contribution in [3.8, 4) is 0 Å². The zero-order valence-electron chi connectivity index (χ0n) is 18.7. The van der Waals surface area contributed by atoms with E-state index in [1.165, 1.54) is 0 Å². The third kappa shape index (κ3) is 7.54. The maximum Gasteiger partial charge on any atom is 0.243 e. The number of hydrogen-bond donors (Lipinski definition) is 1. The first kappa shape index (κ1) is 26.2. The van der Waals surface area contributed by atoms with Crippen molar-refractivity contribution in [2.45, 2.75) is 69.0 Å². The first-order valence-corrected chi connectivity index (χ1v) is 13.4. The Morgan fingerprint density at radius 3 is 2.30 bits per heavy atom. The standard InChI is InChI=1S/C25H29Cl3N2O2S/c1-2-23(25(32)29-18-6-3-4-7-18)30(16-20-21(27)8-5-9-22(20)28)24(31)14-15-33-19-12-10-17(26)11-13-19/h5,8-13,18,23H,2-4,6-7,14-16H2,1H3,(H,29,32). The molecule has 1 atom stereocenters. The minimum Gasteiger partial charge on any atom is -0.352 e. The number of amides is 2. The van der Waals surface area contributed by atoms with E-state index in [0.29, 0.717) is 39.2 Å². The molecule has 1 aliphatic rings. The summed E-state index contributed by atoms with van der Waals surface area (Å²) in [7, 11) is 0. The van der Waals surface area contributed by atoms with Crippen molar-refractivity contribution in [1.29, 1.82) is 0 Å². The molecule has 0 aromatic heterocycles. The Hall–Kier alpha value is -1.40. The summed E-state index contributed by atoms with van der Waals surface area (Å²) in [6, 6.07) is 12.4. The third-order valence-electron chi connectivity index (χ3n) is 5.88. The maximum absolute atomic E-state index is 13.4. The number of benzene rings is 2. The van der Waals surface area contributed by atoms with E-state index < -0.39 is 6.04 Å². The molecule has 0 radical (unpaired) electrons. The molecule has 0 bridgehead atoms. The minimum absolute atomic E-state index is 0.0964. The van der Waals surface area contributed by atoms with Crippen LogP contribution in [-0.4, -0.2) is 34.6 Å². The van der Waals surface area contributed by atoms with Crippen LogP contribution >= 0.6 is 46.6 Å². The van der Waals surface area contributed by atoms with Crippen LogP contribution in [0.3, 0.4) is 0 Å². The Kier molecular flexibility index (Phi) is 10.2. The zero-order valence-corrected chi connectivity index (χ0v) is 21.7. The molecule has 1 fully saturated rings. The van der Waals surface area contributed by atoms with Gasteiger partial charge in [0.25, 0.3) is 0 Å². The SMILES string of the molecule is CCC(C(=O)NC1CCCC1)N(Cc1c(Cl)cccc1Cl)C(=O)CCSc1ccc(Cl)cc1. The van der Waals surface area contributed by atoms with E-state index in [1.54, 1.807) is 34.9 Å². The zero-order chi connectivity index (χ0) is 23.8. The number of nitrogens with one attached hydrogen (secondary N) is 1. The van der Waals surface area contributed by atoms with Crippen LogP contribution in [0.15, 0.2) is 47.4 Å². The van der Waals surface area contributed by atoms with Crippen LogP contribution in [-0.2, 0) is 16.1 Å². The van der Waals surface area contributed by atoms with E-state index in [1.807, 2.05) is 31.2 Å². The summed E-state index contributed by atoms with van der Waals surface area (Å²) in [6.07, 6.45) is 5.04. The van der Waals surface area contributed by atoms with Gasteiger partial charge in [0.15, 0.2) is 0 Å². The normalized spacial score (nSPS) is 14.8. The molecule has 178 valence electrons. The molecule has 3 rings (SSSR count). The van der Waals surface area contributed by atoms with Gasteiger partial charge < -0.3 is 10.2 Å². The number of rotatable bonds is 10. The van der Waals surface area contributed by atoms with E-state index in [9.17, 15) is 9.59 Å². The van der Waals surface area contributed by atoms with Crippen LogP contribution in [0.2, 0.25) is 15.1 Å².